The van der Waals surface area contributed by atoms with Crippen molar-refractivity contribution in [1.29, 1.82) is 0 Å². The summed E-state index contributed by atoms with van der Waals surface area (Å²) in [5.41, 5.74) is 0.761. The van der Waals surface area contributed by atoms with Crippen LogP contribution in [0.15, 0.2) is 47.3 Å². The smallest absolute Gasteiger partial charge is 0.336 e. The zero-order chi connectivity index (χ0) is 20.3. The minimum Gasteiger partial charge on any atom is -0.336 e. The molecule has 2 N–H and O–H groups in total. The fraction of sp³-hybridized carbons (Fsp3) is 0.167. The highest BCUT2D eigenvalue weighted by atomic mass is 35.5. The highest BCUT2D eigenvalue weighted by Gasteiger charge is 2.12. The second kappa shape index (κ2) is 8.45. The Hall–Kier alpha value is -2.84. The second-order valence-electron chi connectivity index (χ2n) is 5.91. The van der Waals surface area contributed by atoms with Crippen LogP contribution < -0.4 is 16.3 Å². The van der Waals surface area contributed by atoms with E-state index in [0.29, 0.717) is 27.1 Å². The first-order valence-corrected chi connectivity index (χ1v) is 9.00. The van der Waals surface area contributed by atoms with Crippen LogP contribution in [0.3, 0.4) is 0 Å². The SMILES string of the molecule is Cn1c(-c2ccc(F)cc2)nn(CCNC(=O)Nc2ccc(Cl)c(Cl)c2)c1=O. The molecule has 0 radical (unpaired) electrons. The lowest BCUT2D eigenvalue weighted by Gasteiger charge is -2.08. The first kappa shape index (κ1) is 19.9. The van der Waals surface area contributed by atoms with Gasteiger partial charge < -0.3 is 10.6 Å². The number of nitrogens with zero attached hydrogens (tertiary/aromatic N) is 3. The van der Waals surface area contributed by atoms with Crippen LogP contribution in [-0.4, -0.2) is 26.9 Å². The first-order chi connectivity index (χ1) is 13.3. The van der Waals surface area contributed by atoms with Crippen molar-refractivity contribution in [1.82, 2.24) is 19.7 Å². The number of carbonyl (C=O) groups is 1. The van der Waals surface area contributed by atoms with E-state index >= 15 is 0 Å². The Morgan fingerprint density at radius 2 is 1.86 bits per heavy atom. The molecule has 0 aliphatic heterocycles. The summed E-state index contributed by atoms with van der Waals surface area (Å²) in [7, 11) is 1.58. The Morgan fingerprint density at radius 3 is 2.54 bits per heavy atom. The molecule has 0 saturated carbocycles. The summed E-state index contributed by atoms with van der Waals surface area (Å²) in [6.07, 6.45) is 0. The molecule has 1 aromatic heterocycles. The molecule has 2 amide bonds. The molecule has 7 nitrogen and oxygen atoms in total. The molecule has 10 heteroatoms. The summed E-state index contributed by atoms with van der Waals surface area (Å²) in [6, 6.07) is 9.95. The van der Waals surface area contributed by atoms with Crippen LogP contribution in [0.4, 0.5) is 14.9 Å². The summed E-state index contributed by atoms with van der Waals surface area (Å²) in [5.74, 6) is 0.0376. The van der Waals surface area contributed by atoms with Gasteiger partial charge in [-0.15, -0.1) is 5.10 Å². The maximum Gasteiger partial charge on any atom is 0.345 e. The molecular formula is C18H16Cl2FN5O2. The van der Waals surface area contributed by atoms with Crippen LogP contribution in [-0.2, 0) is 13.6 Å². The van der Waals surface area contributed by atoms with Crippen LogP contribution in [0.1, 0.15) is 0 Å². The zero-order valence-electron chi connectivity index (χ0n) is 14.7. The summed E-state index contributed by atoms with van der Waals surface area (Å²) < 4.78 is 15.7. The van der Waals surface area contributed by atoms with Crippen LogP contribution >= 0.6 is 23.2 Å². The minimum atomic E-state index is -0.457. The quantitative estimate of drug-likeness (QED) is 0.658. The number of amides is 2. The van der Waals surface area contributed by atoms with Crippen LogP contribution in [0.5, 0.6) is 0 Å². The second-order valence-corrected chi connectivity index (χ2v) is 6.72. The van der Waals surface area contributed by atoms with Crippen molar-refractivity contribution in [3.63, 3.8) is 0 Å². The van der Waals surface area contributed by atoms with Gasteiger partial charge in [-0.05, 0) is 42.5 Å². The lowest BCUT2D eigenvalue weighted by atomic mass is 10.2. The number of hydrogen-bond acceptors (Lipinski definition) is 3. The Morgan fingerprint density at radius 1 is 1.14 bits per heavy atom. The molecular weight excluding hydrogens is 408 g/mol. The van der Waals surface area contributed by atoms with Gasteiger partial charge in [-0.3, -0.25) is 4.57 Å². The van der Waals surface area contributed by atoms with E-state index in [4.69, 9.17) is 23.2 Å². The predicted octanol–water partition coefficient (Wildman–Crippen LogP) is 3.52. The molecule has 0 aliphatic rings. The van der Waals surface area contributed by atoms with Crippen molar-refractivity contribution in [3.8, 4) is 11.4 Å². The van der Waals surface area contributed by atoms with Gasteiger partial charge in [0.05, 0.1) is 16.6 Å². The number of nitrogens with one attached hydrogen (secondary N) is 2. The van der Waals surface area contributed by atoms with Gasteiger partial charge in [0.25, 0.3) is 0 Å². The number of rotatable bonds is 5. The average Bonchev–Trinajstić information content (AvgIpc) is 2.94. The number of carbonyl (C=O) groups excluding carboxylic acids is 1. The van der Waals surface area contributed by atoms with Crippen LogP contribution in [0, 0.1) is 5.82 Å². The monoisotopic (exact) mass is 423 g/mol. The maximum atomic E-state index is 13.1. The number of anilines is 1. The van der Waals surface area contributed by atoms with E-state index in [1.807, 2.05) is 0 Å². The highest BCUT2D eigenvalue weighted by molar-refractivity contribution is 6.42. The Kier molecular flexibility index (Phi) is 6.01. The standard InChI is InChI=1S/C18H16Cl2FN5O2/c1-25-16(11-2-4-12(21)5-3-11)24-26(18(25)28)9-8-22-17(27)23-13-6-7-14(19)15(20)10-13/h2-7,10H,8-9H2,1H3,(H2,22,23,27). The van der Waals surface area contributed by atoms with Gasteiger partial charge in [-0.25, -0.2) is 18.7 Å². The molecule has 0 spiro atoms. The van der Waals surface area contributed by atoms with Crippen molar-refractivity contribution >= 4 is 34.9 Å². The van der Waals surface area contributed by atoms with E-state index in [2.05, 4.69) is 15.7 Å². The number of urea groups is 1. The molecule has 3 rings (SSSR count). The van der Waals surface area contributed by atoms with Gasteiger partial charge in [-0.1, -0.05) is 23.2 Å². The van der Waals surface area contributed by atoms with E-state index in [-0.39, 0.29) is 24.6 Å². The van der Waals surface area contributed by atoms with Gasteiger partial charge in [0.15, 0.2) is 5.82 Å². The molecule has 0 atom stereocenters. The van der Waals surface area contributed by atoms with Gasteiger partial charge in [0.1, 0.15) is 5.82 Å². The summed E-state index contributed by atoms with van der Waals surface area (Å²) >= 11 is 11.7. The Bertz CT molecular complexity index is 1060. The summed E-state index contributed by atoms with van der Waals surface area (Å²) in [5, 5.41) is 10.2. The molecule has 3 aromatic rings. The third-order valence-corrected chi connectivity index (χ3v) is 4.67. The van der Waals surface area contributed by atoms with Crippen molar-refractivity contribution in [2.24, 2.45) is 7.05 Å². The lowest BCUT2D eigenvalue weighted by molar-refractivity contribution is 0.251. The Balaban J connectivity index is 1.61. The largest absolute Gasteiger partial charge is 0.345 e. The zero-order valence-corrected chi connectivity index (χ0v) is 16.3. The molecule has 146 valence electrons. The first-order valence-electron chi connectivity index (χ1n) is 8.25. The molecule has 0 unspecified atom stereocenters. The highest BCUT2D eigenvalue weighted by Crippen LogP contribution is 2.24. The molecule has 0 fully saturated rings. The topological polar surface area (TPSA) is 81.0 Å². The van der Waals surface area contributed by atoms with E-state index in [1.54, 1.807) is 31.3 Å². The Labute approximate surface area is 169 Å². The maximum absolute atomic E-state index is 13.1. The van der Waals surface area contributed by atoms with E-state index in [1.165, 1.54) is 27.4 Å². The third kappa shape index (κ3) is 4.52. The van der Waals surface area contributed by atoms with Crippen molar-refractivity contribution in [2.45, 2.75) is 6.54 Å². The van der Waals surface area contributed by atoms with Gasteiger partial charge in [0, 0.05) is 24.8 Å². The van der Waals surface area contributed by atoms with Crippen molar-refractivity contribution in [2.75, 3.05) is 11.9 Å². The van der Waals surface area contributed by atoms with E-state index < -0.39 is 6.03 Å². The lowest BCUT2D eigenvalue weighted by Crippen LogP contribution is -2.34. The molecule has 2 aromatic carbocycles. The number of aromatic nitrogens is 3. The molecule has 1 heterocycles. The number of hydrogen-bond donors (Lipinski definition) is 2. The van der Waals surface area contributed by atoms with Crippen molar-refractivity contribution < 1.29 is 9.18 Å². The molecule has 0 saturated heterocycles. The summed E-state index contributed by atoms with van der Waals surface area (Å²) in [6.45, 7) is 0.343. The van der Waals surface area contributed by atoms with Gasteiger partial charge in [0.2, 0.25) is 0 Å². The van der Waals surface area contributed by atoms with Crippen LogP contribution in [0.25, 0.3) is 11.4 Å². The normalized spacial score (nSPS) is 10.7. The van der Waals surface area contributed by atoms with E-state index in [0.717, 1.165) is 0 Å². The molecule has 0 aliphatic carbocycles. The van der Waals surface area contributed by atoms with Crippen molar-refractivity contribution in [3.05, 3.63) is 68.8 Å². The number of benzene rings is 2. The van der Waals surface area contributed by atoms with Crippen LogP contribution in [0.2, 0.25) is 10.0 Å². The molecule has 28 heavy (non-hydrogen) atoms. The number of halogens is 3. The minimum absolute atomic E-state index is 0.169. The third-order valence-electron chi connectivity index (χ3n) is 3.93. The van der Waals surface area contributed by atoms with Gasteiger partial charge in [-0.2, -0.15) is 0 Å². The van der Waals surface area contributed by atoms with Gasteiger partial charge >= 0.3 is 11.7 Å². The fourth-order valence-electron chi connectivity index (χ4n) is 2.51. The predicted molar refractivity (Wildman–Crippen MR) is 106 cm³/mol. The summed E-state index contributed by atoms with van der Waals surface area (Å²) in [4.78, 5) is 24.3. The fourth-order valence-corrected chi connectivity index (χ4v) is 2.81. The molecule has 0 bridgehead atoms. The average molecular weight is 424 g/mol. The van der Waals surface area contributed by atoms with E-state index in [9.17, 15) is 14.0 Å².